The van der Waals surface area contributed by atoms with Crippen LogP contribution in [0, 0.1) is 13.8 Å². The van der Waals surface area contributed by atoms with E-state index in [2.05, 4.69) is 10.5 Å². The van der Waals surface area contributed by atoms with Gasteiger partial charge in [0.05, 0.1) is 4.90 Å². The summed E-state index contributed by atoms with van der Waals surface area (Å²) in [5.41, 5.74) is 3.78. The highest BCUT2D eigenvalue weighted by Gasteiger charge is 2.30. The molecule has 0 radical (unpaired) electrons. The van der Waals surface area contributed by atoms with E-state index in [1.54, 1.807) is 22.5 Å². The topological polar surface area (TPSA) is 92.5 Å². The van der Waals surface area contributed by atoms with Gasteiger partial charge in [-0.25, -0.2) is 8.42 Å². The standard InChI is InChI=1S/C24H27N3O4S/c1-16-7-8-19(14-17(16)2)23-15-22(26-31-23)24(28)25-20-9-11-21(12-10-20)32(29,30)27-13-5-4-6-18(27)3/h7-12,14-15,18H,4-6,13H2,1-3H3,(H,25,28)/t18-/m1/s1. The maximum absolute atomic E-state index is 13.0. The van der Waals surface area contributed by atoms with E-state index >= 15 is 0 Å². The highest BCUT2D eigenvalue weighted by molar-refractivity contribution is 7.89. The molecule has 0 unspecified atom stereocenters. The molecule has 2 heterocycles. The van der Waals surface area contributed by atoms with E-state index in [4.69, 9.17) is 4.52 Å². The molecule has 32 heavy (non-hydrogen) atoms. The van der Waals surface area contributed by atoms with Crippen LogP contribution in [0.5, 0.6) is 0 Å². The van der Waals surface area contributed by atoms with Gasteiger partial charge >= 0.3 is 0 Å². The van der Waals surface area contributed by atoms with Gasteiger partial charge in [0.25, 0.3) is 5.91 Å². The second-order valence-corrected chi connectivity index (χ2v) is 10.2. The summed E-state index contributed by atoms with van der Waals surface area (Å²) in [7, 11) is -3.55. The average Bonchev–Trinajstić information content (AvgIpc) is 3.27. The molecule has 3 aromatic rings. The lowest BCUT2D eigenvalue weighted by Gasteiger charge is -2.32. The Morgan fingerprint density at radius 2 is 1.81 bits per heavy atom. The van der Waals surface area contributed by atoms with Crippen molar-refractivity contribution in [1.29, 1.82) is 0 Å². The normalized spacial score (nSPS) is 17.3. The molecule has 1 aliphatic heterocycles. The van der Waals surface area contributed by atoms with Crippen molar-refractivity contribution >= 4 is 21.6 Å². The van der Waals surface area contributed by atoms with Crippen LogP contribution < -0.4 is 5.32 Å². The van der Waals surface area contributed by atoms with E-state index in [1.165, 1.54) is 17.7 Å². The van der Waals surface area contributed by atoms with Gasteiger partial charge in [-0.2, -0.15) is 4.31 Å². The van der Waals surface area contributed by atoms with Gasteiger partial charge in [-0.05, 0) is 75.1 Å². The summed E-state index contributed by atoms with van der Waals surface area (Å²) in [6.45, 7) is 6.52. The van der Waals surface area contributed by atoms with Gasteiger partial charge < -0.3 is 9.84 Å². The van der Waals surface area contributed by atoms with Crippen LogP contribution in [-0.4, -0.2) is 36.4 Å². The minimum Gasteiger partial charge on any atom is -0.355 e. The number of benzene rings is 2. The Labute approximate surface area is 188 Å². The molecule has 4 rings (SSSR count). The van der Waals surface area contributed by atoms with Crippen LogP contribution in [-0.2, 0) is 10.0 Å². The number of aromatic nitrogens is 1. The molecule has 8 heteroatoms. The zero-order valence-electron chi connectivity index (χ0n) is 18.5. The van der Waals surface area contributed by atoms with Crippen molar-refractivity contribution in [3.63, 3.8) is 0 Å². The lowest BCUT2D eigenvalue weighted by molar-refractivity contribution is 0.101. The van der Waals surface area contributed by atoms with Crippen molar-refractivity contribution in [3.05, 3.63) is 65.4 Å². The summed E-state index contributed by atoms with van der Waals surface area (Å²) in [5, 5.41) is 6.62. The molecule has 0 saturated carbocycles. The van der Waals surface area contributed by atoms with E-state index in [1.807, 2.05) is 39.0 Å². The Balaban J connectivity index is 1.46. The Morgan fingerprint density at radius 3 is 2.50 bits per heavy atom. The maximum atomic E-state index is 13.0. The average molecular weight is 454 g/mol. The number of sulfonamides is 1. The predicted octanol–water partition coefficient (Wildman–Crippen LogP) is 4.77. The number of rotatable bonds is 5. The summed E-state index contributed by atoms with van der Waals surface area (Å²) < 4.78 is 32.8. The number of anilines is 1. The number of hydrogen-bond acceptors (Lipinski definition) is 5. The van der Waals surface area contributed by atoms with Gasteiger partial charge in [0.1, 0.15) is 0 Å². The van der Waals surface area contributed by atoms with Crippen LogP contribution in [0.25, 0.3) is 11.3 Å². The van der Waals surface area contributed by atoms with Crippen LogP contribution in [0.3, 0.4) is 0 Å². The number of aryl methyl sites for hydroxylation is 2. The summed E-state index contributed by atoms with van der Waals surface area (Å²) in [4.78, 5) is 12.8. The Hall–Kier alpha value is -2.97. The number of amides is 1. The SMILES string of the molecule is Cc1ccc(-c2cc(C(=O)Nc3ccc(S(=O)(=O)N4CCCC[C@H]4C)cc3)no2)cc1C. The third-order valence-corrected chi connectivity index (χ3v) is 8.02. The lowest BCUT2D eigenvalue weighted by atomic mass is 10.0. The lowest BCUT2D eigenvalue weighted by Crippen LogP contribution is -2.41. The minimum absolute atomic E-state index is 0.00759. The molecule has 1 atom stereocenters. The highest BCUT2D eigenvalue weighted by Crippen LogP contribution is 2.26. The van der Waals surface area contributed by atoms with Crippen molar-refractivity contribution < 1.29 is 17.7 Å². The summed E-state index contributed by atoms with van der Waals surface area (Å²) in [5.74, 6) is 0.0828. The van der Waals surface area contributed by atoms with Crippen molar-refractivity contribution in [1.82, 2.24) is 9.46 Å². The van der Waals surface area contributed by atoms with E-state index < -0.39 is 15.9 Å². The molecule has 1 N–H and O–H groups in total. The second-order valence-electron chi connectivity index (χ2n) is 8.31. The fraction of sp³-hybridized carbons (Fsp3) is 0.333. The Kier molecular flexibility index (Phi) is 6.17. The fourth-order valence-electron chi connectivity index (χ4n) is 3.88. The Morgan fingerprint density at radius 1 is 1.06 bits per heavy atom. The van der Waals surface area contributed by atoms with Crippen molar-refractivity contribution in [2.24, 2.45) is 0 Å². The number of nitrogens with zero attached hydrogens (tertiary/aromatic N) is 2. The smallest absolute Gasteiger partial charge is 0.277 e. The van der Waals surface area contributed by atoms with Gasteiger partial charge in [0.2, 0.25) is 10.0 Å². The Bertz CT molecular complexity index is 1230. The number of carbonyl (C=O) groups excluding carboxylic acids is 1. The van der Waals surface area contributed by atoms with Crippen LogP contribution in [0.4, 0.5) is 5.69 Å². The second kappa shape index (κ2) is 8.88. The van der Waals surface area contributed by atoms with Crippen molar-refractivity contribution in [2.45, 2.75) is 51.0 Å². The molecule has 1 aromatic heterocycles. The highest BCUT2D eigenvalue weighted by atomic mass is 32.2. The van der Waals surface area contributed by atoms with Crippen LogP contribution in [0.1, 0.15) is 47.8 Å². The number of nitrogens with one attached hydrogen (secondary N) is 1. The molecule has 2 aromatic carbocycles. The molecule has 0 spiro atoms. The number of hydrogen-bond donors (Lipinski definition) is 1. The van der Waals surface area contributed by atoms with E-state index in [-0.39, 0.29) is 16.6 Å². The molecule has 0 bridgehead atoms. The first-order chi connectivity index (χ1) is 15.3. The van der Waals surface area contributed by atoms with Gasteiger partial charge in [-0.3, -0.25) is 4.79 Å². The third kappa shape index (κ3) is 4.47. The molecular weight excluding hydrogens is 426 g/mol. The summed E-state index contributed by atoms with van der Waals surface area (Å²) >= 11 is 0. The zero-order valence-corrected chi connectivity index (χ0v) is 19.3. The van der Waals surface area contributed by atoms with Crippen LogP contribution in [0.2, 0.25) is 0 Å². The molecule has 7 nitrogen and oxygen atoms in total. The van der Waals surface area contributed by atoms with Crippen molar-refractivity contribution in [2.75, 3.05) is 11.9 Å². The first kappa shape index (κ1) is 22.2. The first-order valence-corrected chi connectivity index (χ1v) is 12.2. The van der Waals surface area contributed by atoms with Gasteiger partial charge in [-0.1, -0.05) is 23.7 Å². The summed E-state index contributed by atoms with van der Waals surface area (Å²) in [6, 6.07) is 13.7. The zero-order chi connectivity index (χ0) is 22.9. The van der Waals surface area contributed by atoms with Gasteiger partial charge in [0.15, 0.2) is 11.5 Å². The summed E-state index contributed by atoms with van der Waals surface area (Å²) in [6.07, 6.45) is 2.79. The van der Waals surface area contributed by atoms with Crippen LogP contribution >= 0.6 is 0 Å². The van der Waals surface area contributed by atoms with Gasteiger partial charge in [-0.15, -0.1) is 0 Å². The fourth-order valence-corrected chi connectivity index (χ4v) is 5.58. The largest absolute Gasteiger partial charge is 0.355 e. The number of piperidine rings is 1. The van der Waals surface area contributed by atoms with E-state index in [9.17, 15) is 13.2 Å². The van der Waals surface area contributed by atoms with E-state index in [0.29, 0.717) is 18.0 Å². The quantitative estimate of drug-likeness (QED) is 0.600. The molecule has 1 fully saturated rings. The molecule has 1 saturated heterocycles. The molecule has 0 aliphatic carbocycles. The minimum atomic E-state index is -3.55. The van der Waals surface area contributed by atoms with Gasteiger partial charge in [0, 0.05) is 29.9 Å². The maximum Gasteiger partial charge on any atom is 0.277 e. The predicted molar refractivity (Wildman–Crippen MR) is 123 cm³/mol. The van der Waals surface area contributed by atoms with Crippen LogP contribution in [0.15, 0.2) is 57.9 Å². The first-order valence-electron chi connectivity index (χ1n) is 10.7. The molecule has 1 amide bonds. The monoisotopic (exact) mass is 453 g/mol. The molecule has 168 valence electrons. The van der Waals surface area contributed by atoms with E-state index in [0.717, 1.165) is 30.4 Å². The number of carbonyl (C=O) groups is 1. The van der Waals surface area contributed by atoms with Crippen molar-refractivity contribution in [3.8, 4) is 11.3 Å². The third-order valence-electron chi connectivity index (χ3n) is 6.00. The molecule has 1 aliphatic rings. The molecular formula is C24H27N3O4S.